The summed E-state index contributed by atoms with van der Waals surface area (Å²) in [4.78, 5) is 24.0. The molecule has 116 valence electrons. The molecule has 0 radical (unpaired) electrons. The number of piperazine rings is 1. The van der Waals surface area contributed by atoms with Crippen LogP contribution in [-0.4, -0.2) is 64.2 Å². The van der Waals surface area contributed by atoms with Crippen molar-refractivity contribution in [1.82, 2.24) is 14.9 Å². The maximum absolute atomic E-state index is 10.9. The van der Waals surface area contributed by atoms with Crippen LogP contribution in [0.1, 0.15) is 19.8 Å². The van der Waals surface area contributed by atoms with Crippen molar-refractivity contribution >= 4 is 11.9 Å². The summed E-state index contributed by atoms with van der Waals surface area (Å²) in [5.41, 5.74) is 4.61. The molecule has 0 bridgehead atoms. The van der Waals surface area contributed by atoms with Gasteiger partial charge in [0.05, 0.1) is 0 Å². The standard InChI is InChI=1S/C14H23N5O2/c1-14(15,12(20)21)4-2-7-18-8-10-19(11-9-18)13-16-5-3-6-17-13/h3,5-6H,2,4,7-11,15H2,1H3,(H,20,21). The zero-order valence-electron chi connectivity index (χ0n) is 12.4. The molecule has 3 N–H and O–H groups in total. The van der Waals surface area contributed by atoms with Crippen molar-refractivity contribution < 1.29 is 9.90 Å². The van der Waals surface area contributed by atoms with E-state index >= 15 is 0 Å². The molecule has 7 heteroatoms. The van der Waals surface area contributed by atoms with Crippen molar-refractivity contribution in [2.75, 3.05) is 37.6 Å². The zero-order valence-corrected chi connectivity index (χ0v) is 12.4. The highest BCUT2D eigenvalue weighted by Gasteiger charge is 2.27. The first-order chi connectivity index (χ1) is 9.99. The topological polar surface area (TPSA) is 95.6 Å². The molecule has 1 aromatic heterocycles. The van der Waals surface area contributed by atoms with Crippen LogP contribution in [0.3, 0.4) is 0 Å². The smallest absolute Gasteiger partial charge is 0.323 e. The molecular weight excluding hydrogens is 270 g/mol. The minimum absolute atomic E-state index is 0.490. The molecule has 1 saturated heterocycles. The molecule has 1 unspecified atom stereocenters. The minimum atomic E-state index is -1.13. The summed E-state index contributed by atoms with van der Waals surface area (Å²) >= 11 is 0. The van der Waals surface area contributed by atoms with Gasteiger partial charge < -0.3 is 15.7 Å². The zero-order chi connectivity index (χ0) is 15.3. The fourth-order valence-electron chi connectivity index (χ4n) is 2.40. The maximum Gasteiger partial charge on any atom is 0.323 e. The lowest BCUT2D eigenvalue weighted by molar-refractivity contribution is -0.142. The van der Waals surface area contributed by atoms with Crippen LogP contribution in [0.5, 0.6) is 0 Å². The molecule has 2 heterocycles. The molecule has 0 aromatic carbocycles. The molecule has 0 aliphatic carbocycles. The van der Waals surface area contributed by atoms with Gasteiger partial charge in [-0.3, -0.25) is 9.69 Å². The Morgan fingerprint density at radius 2 is 1.95 bits per heavy atom. The summed E-state index contributed by atoms with van der Waals surface area (Å²) in [7, 11) is 0. The summed E-state index contributed by atoms with van der Waals surface area (Å²) in [5, 5.41) is 8.98. The third kappa shape index (κ3) is 4.37. The number of aliphatic carboxylic acids is 1. The summed E-state index contributed by atoms with van der Waals surface area (Å²) in [6, 6.07) is 1.81. The molecule has 2 rings (SSSR count). The van der Waals surface area contributed by atoms with Gasteiger partial charge in [-0.1, -0.05) is 0 Å². The Morgan fingerprint density at radius 1 is 1.33 bits per heavy atom. The second-order valence-electron chi connectivity index (χ2n) is 5.70. The number of anilines is 1. The maximum atomic E-state index is 10.9. The lowest BCUT2D eigenvalue weighted by Crippen LogP contribution is -2.48. The summed E-state index contributed by atoms with van der Waals surface area (Å²) in [6.07, 6.45) is 4.79. The first-order valence-corrected chi connectivity index (χ1v) is 7.25. The Labute approximate surface area is 124 Å². The van der Waals surface area contributed by atoms with Gasteiger partial charge in [-0.15, -0.1) is 0 Å². The first-order valence-electron chi connectivity index (χ1n) is 7.25. The van der Waals surface area contributed by atoms with Gasteiger partial charge in [0.2, 0.25) is 5.95 Å². The van der Waals surface area contributed by atoms with Crippen molar-refractivity contribution in [3.05, 3.63) is 18.5 Å². The molecule has 7 nitrogen and oxygen atoms in total. The van der Waals surface area contributed by atoms with E-state index in [9.17, 15) is 4.79 Å². The molecule has 0 saturated carbocycles. The highest BCUT2D eigenvalue weighted by molar-refractivity contribution is 5.77. The predicted octanol–water partition coefficient (Wildman–Crippen LogP) is 0.181. The number of nitrogens with zero attached hydrogens (tertiary/aromatic N) is 4. The quantitative estimate of drug-likeness (QED) is 0.772. The Bertz CT molecular complexity index is 458. The van der Waals surface area contributed by atoms with E-state index in [1.54, 1.807) is 19.3 Å². The number of carbonyl (C=O) groups is 1. The van der Waals surface area contributed by atoms with Crippen LogP contribution in [-0.2, 0) is 4.79 Å². The Morgan fingerprint density at radius 3 is 2.52 bits per heavy atom. The van der Waals surface area contributed by atoms with E-state index in [4.69, 9.17) is 10.8 Å². The number of carboxylic acid groups (broad SMARTS) is 1. The fraction of sp³-hybridized carbons (Fsp3) is 0.643. The fourth-order valence-corrected chi connectivity index (χ4v) is 2.40. The molecule has 0 amide bonds. The Balaban J connectivity index is 1.71. The molecule has 1 aliphatic heterocycles. The van der Waals surface area contributed by atoms with Gasteiger partial charge in [0.1, 0.15) is 5.54 Å². The second-order valence-corrected chi connectivity index (χ2v) is 5.70. The molecule has 1 atom stereocenters. The molecule has 1 aromatic rings. The Hall–Kier alpha value is -1.73. The van der Waals surface area contributed by atoms with E-state index < -0.39 is 11.5 Å². The lowest BCUT2D eigenvalue weighted by atomic mass is 9.97. The predicted molar refractivity (Wildman–Crippen MR) is 80.1 cm³/mol. The van der Waals surface area contributed by atoms with E-state index in [0.717, 1.165) is 45.1 Å². The number of nitrogens with two attached hydrogens (primary N) is 1. The van der Waals surface area contributed by atoms with Crippen molar-refractivity contribution in [3.63, 3.8) is 0 Å². The van der Waals surface area contributed by atoms with Crippen LogP contribution in [0.15, 0.2) is 18.5 Å². The summed E-state index contributed by atoms with van der Waals surface area (Å²) in [6.45, 7) is 6.11. The SMILES string of the molecule is CC(N)(CCCN1CCN(c2ncccn2)CC1)C(=O)O. The highest BCUT2D eigenvalue weighted by atomic mass is 16.4. The van der Waals surface area contributed by atoms with Crippen LogP contribution < -0.4 is 10.6 Å². The van der Waals surface area contributed by atoms with E-state index in [1.165, 1.54) is 0 Å². The normalized spacial score (nSPS) is 19.2. The van der Waals surface area contributed by atoms with Crippen molar-refractivity contribution in [3.8, 4) is 0 Å². The van der Waals surface area contributed by atoms with E-state index in [0.29, 0.717) is 6.42 Å². The summed E-state index contributed by atoms with van der Waals surface area (Å²) in [5.74, 6) is -0.161. The van der Waals surface area contributed by atoms with Crippen LogP contribution in [0.4, 0.5) is 5.95 Å². The summed E-state index contributed by atoms with van der Waals surface area (Å²) < 4.78 is 0. The van der Waals surface area contributed by atoms with E-state index in [2.05, 4.69) is 19.8 Å². The van der Waals surface area contributed by atoms with Crippen LogP contribution in [0.25, 0.3) is 0 Å². The molecule has 1 fully saturated rings. The third-order valence-electron chi connectivity index (χ3n) is 3.87. The first kappa shape index (κ1) is 15.7. The third-order valence-corrected chi connectivity index (χ3v) is 3.87. The van der Waals surface area contributed by atoms with Crippen LogP contribution >= 0.6 is 0 Å². The number of hydrogen-bond donors (Lipinski definition) is 2. The molecular formula is C14H23N5O2. The van der Waals surface area contributed by atoms with Crippen molar-refractivity contribution in [2.24, 2.45) is 5.73 Å². The van der Waals surface area contributed by atoms with Crippen LogP contribution in [0, 0.1) is 0 Å². The average Bonchev–Trinajstić information content (AvgIpc) is 2.48. The van der Waals surface area contributed by atoms with Crippen molar-refractivity contribution in [2.45, 2.75) is 25.3 Å². The van der Waals surface area contributed by atoms with E-state index in [-0.39, 0.29) is 0 Å². The van der Waals surface area contributed by atoms with Crippen LogP contribution in [0.2, 0.25) is 0 Å². The van der Waals surface area contributed by atoms with Gasteiger partial charge in [-0.2, -0.15) is 0 Å². The molecule has 0 spiro atoms. The van der Waals surface area contributed by atoms with Gasteiger partial charge in [-0.25, -0.2) is 9.97 Å². The van der Waals surface area contributed by atoms with E-state index in [1.807, 2.05) is 6.07 Å². The monoisotopic (exact) mass is 293 g/mol. The number of hydrogen-bond acceptors (Lipinski definition) is 6. The lowest BCUT2D eigenvalue weighted by Gasteiger charge is -2.35. The Kier molecular flexibility index (Phi) is 5.08. The van der Waals surface area contributed by atoms with Gasteiger partial charge >= 0.3 is 5.97 Å². The minimum Gasteiger partial charge on any atom is -0.480 e. The van der Waals surface area contributed by atoms with Crippen molar-refractivity contribution in [1.29, 1.82) is 0 Å². The van der Waals surface area contributed by atoms with Gasteiger partial charge in [0, 0.05) is 38.6 Å². The largest absolute Gasteiger partial charge is 0.480 e. The molecule has 21 heavy (non-hydrogen) atoms. The highest BCUT2D eigenvalue weighted by Crippen LogP contribution is 2.13. The average molecular weight is 293 g/mol. The number of rotatable bonds is 6. The van der Waals surface area contributed by atoms with Gasteiger partial charge in [0.15, 0.2) is 0 Å². The number of aromatic nitrogens is 2. The second kappa shape index (κ2) is 6.82. The van der Waals surface area contributed by atoms with Gasteiger partial charge in [0.25, 0.3) is 0 Å². The number of carboxylic acids is 1. The van der Waals surface area contributed by atoms with Gasteiger partial charge in [-0.05, 0) is 32.4 Å². The molecule has 1 aliphatic rings.